The van der Waals surface area contributed by atoms with Gasteiger partial charge in [-0.15, -0.1) is 0 Å². The number of aliphatic carboxylic acids is 1. The predicted octanol–water partition coefficient (Wildman–Crippen LogP) is -0.0196. The van der Waals surface area contributed by atoms with Gasteiger partial charge >= 0.3 is 5.97 Å². The normalized spacial score (nSPS) is 26.6. The molecule has 0 aromatic rings. The van der Waals surface area contributed by atoms with Crippen LogP contribution in [-0.2, 0) is 14.3 Å². The van der Waals surface area contributed by atoms with Gasteiger partial charge in [-0.3, -0.25) is 4.79 Å². The van der Waals surface area contributed by atoms with Crippen molar-refractivity contribution < 1.29 is 19.4 Å². The van der Waals surface area contributed by atoms with E-state index in [9.17, 15) is 14.7 Å². The first kappa shape index (κ1) is 14.9. The van der Waals surface area contributed by atoms with Crippen LogP contribution in [0.4, 0.5) is 0 Å². The van der Waals surface area contributed by atoms with Gasteiger partial charge < -0.3 is 20.5 Å². The zero-order valence-corrected chi connectivity index (χ0v) is 11.2. The average Bonchev–Trinajstić information content (AvgIpc) is 2.76. The van der Waals surface area contributed by atoms with Crippen molar-refractivity contribution in [1.29, 1.82) is 0 Å². The number of nitrogens with one attached hydrogen (secondary N) is 2. The lowest BCUT2D eigenvalue weighted by atomic mass is 9.94. The molecule has 3 unspecified atom stereocenters. The highest BCUT2D eigenvalue weighted by atomic mass is 16.5. The van der Waals surface area contributed by atoms with E-state index in [1.165, 1.54) is 0 Å². The van der Waals surface area contributed by atoms with Gasteiger partial charge in [0.2, 0.25) is 5.91 Å². The van der Waals surface area contributed by atoms with Gasteiger partial charge in [0, 0.05) is 6.04 Å². The van der Waals surface area contributed by atoms with E-state index in [2.05, 4.69) is 10.6 Å². The fourth-order valence-corrected chi connectivity index (χ4v) is 2.18. The standard InChI is InChI=1S/C12H22N2O4/c1-4-5-12(2,11(16)17)14-10(15)8-6-18-7-9(8)13-3/h8-9,13H,4-7H2,1-3H3,(H,14,15)(H,16,17). The minimum Gasteiger partial charge on any atom is -0.480 e. The Morgan fingerprint density at radius 2 is 2.11 bits per heavy atom. The molecule has 18 heavy (non-hydrogen) atoms. The molecule has 6 nitrogen and oxygen atoms in total. The van der Waals surface area contributed by atoms with Crippen LogP contribution in [0.2, 0.25) is 0 Å². The minimum absolute atomic E-state index is 0.0512. The first-order valence-corrected chi connectivity index (χ1v) is 6.25. The lowest BCUT2D eigenvalue weighted by molar-refractivity contribution is -0.148. The van der Waals surface area contributed by atoms with Gasteiger partial charge in [-0.2, -0.15) is 0 Å². The summed E-state index contributed by atoms with van der Waals surface area (Å²) < 4.78 is 5.25. The molecule has 1 aliphatic rings. The summed E-state index contributed by atoms with van der Waals surface area (Å²) in [6.45, 7) is 4.24. The van der Waals surface area contributed by atoms with E-state index in [1.54, 1.807) is 14.0 Å². The summed E-state index contributed by atoms with van der Waals surface area (Å²) in [4.78, 5) is 23.4. The molecule has 1 aliphatic heterocycles. The predicted molar refractivity (Wildman–Crippen MR) is 66.2 cm³/mol. The molecule has 6 heteroatoms. The van der Waals surface area contributed by atoms with Crippen molar-refractivity contribution in [2.24, 2.45) is 5.92 Å². The SMILES string of the molecule is CCCC(C)(NC(=O)C1COCC1NC)C(=O)O. The molecule has 0 aliphatic carbocycles. The van der Waals surface area contributed by atoms with Gasteiger partial charge in [-0.05, 0) is 20.4 Å². The van der Waals surface area contributed by atoms with Gasteiger partial charge in [-0.25, -0.2) is 4.79 Å². The number of carboxylic acid groups (broad SMARTS) is 1. The molecule has 3 N–H and O–H groups in total. The Morgan fingerprint density at radius 3 is 2.61 bits per heavy atom. The molecule has 1 saturated heterocycles. The Morgan fingerprint density at radius 1 is 1.44 bits per heavy atom. The minimum atomic E-state index is -1.20. The molecular formula is C12H22N2O4. The fourth-order valence-electron chi connectivity index (χ4n) is 2.18. The van der Waals surface area contributed by atoms with Gasteiger partial charge in [-0.1, -0.05) is 13.3 Å². The number of amides is 1. The number of carboxylic acids is 1. The van der Waals surface area contributed by atoms with Crippen molar-refractivity contribution in [3.8, 4) is 0 Å². The summed E-state index contributed by atoms with van der Waals surface area (Å²) >= 11 is 0. The summed E-state index contributed by atoms with van der Waals surface area (Å²) in [5.74, 6) is -1.59. The second kappa shape index (κ2) is 6.15. The Hall–Kier alpha value is -1.14. The smallest absolute Gasteiger partial charge is 0.329 e. The van der Waals surface area contributed by atoms with E-state index in [1.807, 2.05) is 6.92 Å². The quantitative estimate of drug-likeness (QED) is 0.623. The van der Waals surface area contributed by atoms with Crippen molar-refractivity contribution in [3.63, 3.8) is 0 Å². The molecule has 0 saturated carbocycles. The number of carbonyl (C=O) groups excluding carboxylic acids is 1. The first-order valence-electron chi connectivity index (χ1n) is 6.25. The highest BCUT2D eigenvalue weighted by molar-refractivity contribution is 5.88. The van der Waals surface area contributed by atoms with E-state index < -0.39 is 11.5 Å². The topological polar surface area (TPSA) is 87.7 Å². The van der Waals surface area contributed by atoms with Gasteiger partial charge in [0.05, 0.1) is 19.1 Å². The molecule has 0 bridgehead atoms. The van der Waals surface area contributed by atoms with E-state index in [0.717, 1.165) is 0 Å². The van der Waals surface area contributed by atoms with Crippen LogP contribution < -0.4 is 10.6 Å². The molecule has 104 valence electrons. The van der Waals surface area contributed by atoms with Crippen molar-refractivity contribution >= 4 is 11.9 Å². The zero-order valence-electron chi connectivity index (χ0n) is 11.2. The number of rotatable bonds is 6. The van der Waals surface area contributed by atoms with Gasteiger partial charge in [0.25, 0.3) is 0 Å². The summed E-state index contributed by atoms with van der Waals surface area (Å²) in [6.07, 6.45) is 1.10. The summed E-state index contributed by atoms with van der Waals surface area (Å²) in [5.41, 5.74) is -1.20. The van der Waals surface area contributed by atoms with Crippen LogP contribution in [0.15, 0.2) is 0 Å². The maximum atomic E-state index is 12.1. The molecule has 0 spiro atoms. The van der Waals surface area contributed by atoms with Gasteiger partial charge in [0.15, 0.2) is 0 Å². The van der Waals surface area contributed by atoms with Crippen LogP contribution in [0.5, 0.6) is 0 Å². The molecule has 0 aromatic heterocycles. The van der Waals surface area contributed by atoms with Gasteiger partial charge in [0.1, 0.15) is 5.54 Å². The van der Waals surface area contributed by atoms with Crippen LogP contribution in [0.3, 0.4) is 0 Å². The molecule has 0 aromatic carbocycles. The molecule has 1 rings (SSSR count). The van der Waals surface area contributed by atoms with Crippen LogP contribution in [0.1, 0.15) is 26.7 Å². The molecule has 1 fully saturated rings. The highest BCUT2D eigenvalue weighted by Gasteiger charge is 2.39. The number of hydrogen-bond acceptors (Lipinski definition) is 4. The Kier molecular flexibility index (Phi) is 5.10. The first-order chi connectivity index (χ1) is 8.44. The number of carbonyl (C=O) groups is 2. The largest absolute Gasteiger partial charge is 0.480 e. The third kappa shape index (κ3) is 3.20. The average molecular weight is 258 g/mol. The van der Waals surface area contributed by atoms with E-state index in [-0.39, 0.29) is 17.9 Å². The lowest BCUT2D eigenvalue weighted by Gasteiger charge is -2.28. The van der Waals surface area contributed by atoms with E-state index in [4.69, 9.17) is 4.74 Å². The Balaban J connectivity index is 2.69. The third-order valence-corrected chi connectivity index (χ3v) is 3.41. The lowest BCUT2D eigenvalue weighted by Crippen LogP contribution is -2.55. The molecule has 3 atom stereocenters. The van der Waals surface area contributed by atoms with Crippen molar-refractivity contribution in [3.05, 3.63) is 0 Å². The third-order valence-electron chi connectivity index (χ3n) is 3.41. The summed E-state index contributed by atoms with van der Waals surface area (Å²) in [7, 11) is 1.77. The second-order valence-electron chi connectivity index (χ2n) is 4.92. The van der Waals surface area contributed by atoms with Crippen LogP contribution in [-0.4, -0.2) is 48.8 Å². The number of hydrogen-bond donors (Lipinski definition) is 3. The monoisotopic (exact) mass is 258 g/mol. The number of ether oxygens (including phenoxy) is 1. The van der Waals surface area contributed by atoms with Crippen LogP contribution >= 0.6 is 0 Å². The van der Waals surface area contributed by atoms with Crippen molar-refractivity contribution in [1.82, 2.24) is 10.6 Å². The van der Waals surface area contributed by atoms with E-state index >= 15 is 0 Å². The second-order valence-corrected chi connectivity index (χ2v) is 4.92. The maximum absolute atomic E-state index is 12.1. The Bertz CT molecular complexity index is 321. The maximum Gasteiger partial charge on any atom is 0.329 e. The fraction of sp³-hybridized carbons (Fsp3) is 0.833. The number of likely N-dealkylation sites (N-methyl/N-ethyl adjacent to an activating group) is 1. The van der Waals surface area contributed by atoms with Crippen molar-refractivity contribution in [2.45, 2.75) is 38.3 Å². The Labute approximate surface area is 107 Å². The van der Waals surface area contributed by atoms with E-state index in [0.29, 0.717) is 26.1 Å². The summed E-state index contributed by atoms with van der Waals surface area (Å²) in [6, 6.07) is -0.0512. The zero-order chi connectivity index (χ0) is 13.8. The highest BCUT2D eigenvalue weighted by Crippen LogP contribution is 2.18. The summed E-state index contributed by atoms with van der Waals surface area (Å²) in [5, 5.41) is 14.9. The van der Waals surface area contributed by atoms with Crippen LogP contribution in [0.25, 0.3) is 0 Å². The van der Waals surface area contributed by atoms with Crippen molar-refractivity contribution in [2.75, 3.05) is 20.3 Å². The molecule has 1 amide bonds. The molecule has 1 heterocycles. The molecule has 0 radical (unpaired) electrons. The molecular weight excluding hydrogens is 236 g/mol. The van der Waals surface area contributed by atoms with Crippen LogP contribution in [0, 0.1) is 5.92 Å².